The van der Waals surface area contributed by atoms with Gasteiger partial charge in [-0.15, -0.1) is 0 Å². The number of halogens is 2. The van der Waals surface area contributed by atoms with Crippen LogP contribution in [0, 0.1) is 5.41 Å². The van der Waals surface area contributed by atoms with Gasteiger partial charge in [-0.2, -0.15) is 4.99 Å². The van der Waals surface area contributed by atoms with E-state index in [1.807, 2.05) is 0 Å². The van der Waals surface area contributed by atoms with Gasteiger partial charge in [0.2, 0.25) is 0 Å². The molecule has 1 saturated heterocycles. The molecule has 3 N–H and O–H groups in total. The maximum Gasteiger partial charge on any atom is 0.282 e. The molecule has 116 valence electrons. The van der Waals surface area contributed by atoms with E-state index in [1.54, 1.807) is 18.2 Å². The molecule has 0 atom stereocenters. The Morgan fingerprint density at radius 3 is 2.86 bits per heavy atom. The number of aromatic nitrogens is 1. The lowest BCUT2D eigenvalue weighted by Crippen LogP contribution is -2.56. The molecule has 2 rings (SSSR count). The first kappa shape index (κ1) is 15.7. The fourth-order valence-electron chi connectivity index (χ4n) is 1.94. The predicted octanol–water partition coefficient (Wildman–Crippen LogP) is 1.17. The molecule has 8 heteroatoms. The van der Waals surface area contributed by atoms with Gasteiger partial charge in [0.1, 0.15) is 11.7 Å². The van der Waals surface area contributed by atoms with E-state index in [2.05, 4.69) is 9.98 Å². The highest BCUT2D eigenvalue weighted by Gasteiger charge is 2.44. The second kappa shape index (κ2) is 6.42. The van der Waals surface area contributed by atoms with Crippen molar-refractivity contribution in [2.24, 2.45) is 10.7 Å². The normalized spacial score (nSPS) is 17.4. The van der Waals surface area contributed by atoms with Crippen molar-refractivity contribution >= 4 is 23.8 Å². The van der Waals surface area contributed by atoms with Gasteiger partial charge in [-0.25, -0.2) is 13.8 Å². The van der Waals surface area contributed by atoms with Crippen LogP contribution >= 0.6 is 0 Å². The monoisotopic (exact) mass is 307 g/mol. The number of amides is 1. The first-order valence-corrected chi connectivity index (χ1v) is 6.52. The Labute approximate surface area is 125 Å². The Morgan fingerprint density at radius 1 is 1.50 bits per heavy atom. The lowest BCUT2D eigenvalue weighted by molar-refractivity contribution is -0.117. The summed E-state index contributed by atoms with van der Waals surface area (Å²) < 4.78 is 25.7. The molecule has 0 radical (unpaired) electrons. The van der Waals surface area contributed by atoms with E-state index in [4.69, 9.17) is 11.1 Å². The third kappa shape index (κ3) is 4.18. The molecule has 0 aromatic carbocycles. The smallest absolute Gasteiger partial charge is 0.282 e. The third-order valence-electron chi connectivity index (χ3n) is 2.91. The van der Waals surface area contributed by atoms with Crippen molar-refractivity contribution < 1.29 is 13.6 Å². The number of nitrogens with one attached hydrogen (secondary N) is 1. The standard InChI is InChI=1S/C14H15F2N5O/c15-14(16)8-21(9-14)12-5-1-3-10(19-12)7-13(22)20-11(18)4-2-6-17/h1-6,17H,7-9H2,(H2,18,20,22)/b4-2-,17-6?. The summed E-state index contributed by atoms with van der Waals surface area (Å²) in [6.07, 6.45) is 3.61. The van der Waals surface area contributed by atoms with E-state index in [9.17, 15) is 13.6 Å². The van der Waals surface area contributed by atoms with Gasteiger partial charge in [-0.1, -0.05) is 6.07 Å². The minimum atomic E-state index is -2.67. The van der Waals surface area contributed by atoms with Gasteiger partial charge in [0.25, 0.3) is 11.8 Å². The number of pyridine rings is 1. The second-order valence-corrected chi connectivity index (χ2v) is 4.83. The van der Waals surface area contributed by atoms with Crippen LogP contribution in [0.5, 0.6) is 0 Å². The van der Waals surface area contributed by atoms with Crippen LogP contribution in [0.15, 0.2) is 35.3 Å². The van der Waals surface area contributed by atoms with Crippen molar-refractivity contribution in [1.29, 1.82) is 5.41 Å². The molecule has 1 aliphatic rings. The van der Waals surface area contributed by atoms with Crippen LogP contribution < -0.4 is 10.6 Å². The van der Waals surface area contributed by atoms with Gasteiger partial charge in [0.15, 0.2) is 0 Å². The van der Waals surface area contributed by atoms with Crippen molar-refractivity contribution in [3.05, 3.63) is 36.0 Å². The molecule has 1 fully saturated rings. The Kier molecular flexibility index (Phi) is 4.59. The van der Waals surface area contributed by atoms with Crippen LogP contribution in [-0.4, -0.2) is 42.0 Å². The summed E-state index contributed by atoms with van der Waals surface area (Å²) >= 11 is 0. The highest BCUT2D eigenvalue weighted by atomic mass is 19.3. The van der Waals surface area contributed by atoms with Gasteiger partial charge in [0.05, 0.1) is 25.2 Å². The highest BCUT2D eigenvalue weighted by Crippen LogP contribution is 2.30. The number of nitrogens with two attached hydrogens (primary N) is 1. The van der Waals surface area contributed by atoms with Gasteiger partial charge < -0.3 is 16.0 Å². The maximum absolute atomic E-state index is 12.9. The van der Waals surface area contributed by atoms with E-state index in [1.165, 1.54) is 17.1 Å². The number of allylic oxidation sites excluding steroid dienone is 1. The van der Waals surface area contributed by atoms with Crippen molar-refractivity contribution in [3.8, 4) is 0 Å². The topological polar surface area (TPSA) is 95.4 Å². The number of carbonyl (C=O) groups excluding carboxylic acids is 1. The molecule has 1 amide bonds. The zero-order chi connectivity index (χ0) is 16.2. The molecule has 22 heavy (non-hydrogen) atoms. The molecule has 2 heterocycles. The van der Waals surface area contributed by atoms with Crippen LogP contribution in [0.25, 0.3) is 0 Å². The lowest BCUT2D eigenvalue weighted by Gasteiger charge is -2.39. The summed E-state index contributed by atoms with van der Waals surface area (Å²) in [4.78, 5) is 21.0. The van der Waals surface area contributed by atoms with Crippen LogP contribution in [0.4, 0.5) is 14.6 Å². The minimum Gasteiger partial charge on any atom is -0.384 e. The number of alkyl halides is 2. The van der Waals surface area contributed by atoms with Gasteiger partial charge >= 0.3 is 0 Å². The molecule has 0 bridgehead atoms. The molecule has 1 aromatic rings. The fourth-order valence-corrected chi connectivity index (χ4v) is 1.94. The quantitative estimate of drug-likeness (QED) is 0.630. The SMILES string of the molecule is N=C/C=C\C(N)=NC(=O)Cc1cccc(N2CC(F)(F)C2)n1. The zero-order valence-electron chi connectivity index (χ0n) is 11.7. The lowest BCUT2D eigenvalue weighted by atomic mass is 10.1. The number of hydrogen-bond acceptors (Lipinski definition) is 4. The Balaban J connectivity index is 2.00. The van der Waals surface area contributed by atoms with Crippen LogP contribution in [0.1, 0.15) is 5.69 Å². The van der Waals surface area contributed by atoms with Crippen LogP contribution in [-0.2, 0) is 11.2 Å². The summed E-state index contributed by atoms with van der Waals surface area (Å²) in [5.74, 6) is -2.76. The number of rotatable bonds is 5. The number of aliphatic imine (C=N–C) groups is 1. The van der Waals surface area contributed by atoms with E-state index < -0.39 is 11.8 Å². The third-order valence-corrected chi connectivity index (χ3v) is 2.91. The maximum atomic E-state index is 12.9. The Morgan fingerprint density at radius 2 is 2.23 bits per heavy atom. The number of anilines is 1. The zero-order valence-corrected chi connectivity index (χ0v) is 11.7. The second-order valence-electron chi connectivity index (χ2n) is 4.83. The Bertz CT molecular complexity index is 634. The summed E-state index contributed by atoms with van der Waals surface area (Å²) in [5.41, 5.74) is 5.92. The average Bonchev–Trinajstić information content (AvgIpc) is 2.42. The van der Waals surface area contributed by atoms with E-state index in [-0.39, 0.29) is 25.3 Å². The van der Waals surface area contributed by atoms with E-state index in [0.717, 1.165) is 6.21 Å². The van der Waals surface area contributed by atoms with Gasteiger partial charge in [-0.3, -0.25) is 4.79 Å². The molecule has 6 nitrogen and oxygen atoms in total. The molecule has 0 spiro atoms. The van der Waals surface area contributed by atoms with Crippen molar-refractivity contribution in [2.75, 3.05) is 18.0 Å². The number of amidine groups is 1. The summed E-state index contributed by atoms with van der Waals surface area (Å²) in [6.45, 7) is -0.728. The molecule has 1 aromatic heterocycles. The summed E-state index contributed by atoms with van der Waals surface area (Å²) in [7, 11) is 0. The minimum absolute atomic E-state index is 0.00737. The van der Waals surface area contributed by atoms with Crippen LogP contribution in [0.2, 0.25) is 0 Å². The van der Waals surface area contributed by atoms with E-state index >= 15 is 0 Å². The molecular formula is C14H15F2N5O. The highest BCUT2D eigenvalue weighted by molar-refractivity contribution is 6.01. The first-order valence-electron chi connectivity index (χ1n) is 6.52. The van der Waals surface area contributed by atoms with Crippen LogP contribution in [0.3, 0.4) is 0 Å². The van der Waals surface area contributed by atoms with E-state index in [0.29, 0.717) is 11.5 Å². The van der Waals surface area contributed by atoms with Crippen molar-refractivity contribution in [3.63, 3.8) is 0 Å². The average molecular weight is 307 g/mol. The largest absolute Gasteiger partial charge is 0.384 e. The summed E-state index contributed by atoms with van der Waals surface area (Å²) in [6, 6.07) is 4.90. The first-order chi connectivity index (χ1) is 10.4. The molecule has 0 aliphatic carbocycles. The Hall–Kier alpha value is -2.64. The molecule has 1 aliphatic heterocycles. The molecule has 0 unspecified atom stereocenters. The fraction of sp³-hybridized carbons (Fsp3) is 0.286. The molecule has 0 saturated carbocycles. The van der Waals surface area contributed by atoms with Crippen molar-refractivity contribution in [1.82, 2.24) is 4.98 Å². The predicted molar refractivity (Wildman–Crippen MR) is 79.7 cm³/mol. The number of carbonyl (C=O) groups is 1. The van der Waals surface area contributed by atoms with Crippen molar-refractivity contribution in [2.45, 2.75) is 12.3 Å². The van der Waals surface area contributed by atoms with Gasteiger partial charge in [0, 0.05) is 6.21 Å². The van der Waals surface area contributed by atoms with Gasteiger partial charge in [-0.05, 0) is 24.3 Å². The summed E-state index contributed by atoms with van der Waals surface area (Å²) in [5, 5.41) is 6.80. The number of hydrogen-bond donors (Lipinski definition) is 2. The number of nitrogens with zero attached hydrogens (tertiary/aromatic N) is 3. The molecular weight excluding hydrogens is 292 g/mol.